The van der Waals surface area contributed by atoms with E-state index in [9.17, 15) is 10.5 Å². The first-order valence-corrected chi connectivity index (χ1v) is 24.1. The minimum absolute atomic E-state index is 0.454. The van der Waals surface area contributed by atoms with Gasteiger partial charge < -0.3 is 8.82 Å². The van der Waals surface area contributed by atoms with Crippen LogP contribution in [0.25, 0.3) is 82.3 Å². The van der Waals surface area contributed by atoms with Gasteiger partial charge in [0.15, 0.2) is 0 Å². The molecule has 0 saturated heterocycles. The van der Waals surface area contributed by atoms with E-state index in [1.807, 2.05) is 0 Å². The monoisotopic (exact) mass is 813 g/mol. The smallest absolute Gasteiger partial charge is 0.136 e. The third-order valence-corrected chi connectivity index (χ3v) is 19.3. The van der Waals surface area contributed by atoms with E-state index in [0.717, 1.165) is 51.4 Å². The summed E-state index contributed by atoms with van der Waals surface area (Å²) in [4.78, 5) is 0. The number of hydrogen-bond acceptors (Lipinski definition) is 3. The number of rotatable bonds is 2. The molecular weight excluding hydrogens is 767 g/mol. The van der Waals surface area contributed by atoms with Crippen molar-refractivity contribution in [3.63, 3.8) is 0 Å². The zero-order valence-electron chi connectivity index (χ0n) is 35.9. The maximum atomic E-state index is 11.2. The van der Waals surface area contributed by atoms with E-state index in [0.29, 0.717) is 29.1 Å². The van der Waals surface area contributed by atoms with E-state index in [1.54, 1.807) is 0 Å². The lowest BCUT2D eigenvalue weighted by atomic mass is 9.56. The van der Waals surface area contributed by atoms with Crippen LogP contribution in [-0.4, -0.2) is 4.40 Å². The van der Waals surface area contributed by atoms with E-state index in [4.69, 9.17) is 4.42 Å². The predicted octanol–water partition coefficient (Wildman–Crippen LogP) is 15.2. The van der Waals surface area contributed by atoms with Gasteiger partial charge in [-0.05, 0) is 229 Å². The quantitative estimate of drug-likeness (QED) is 0.175. The minimum atomic E-state index is 0.454. The molecular formula is C59H47N3O. The lowest BCUT2D eigenvalue weighted by Gasteiger charge is -2.48. The van der Waals surface area contributed by atoms with Crippen LogP contribution in [0.4, 0.5) is 0 Å². The second-order valence-corrected chi connectivity index (χ2v) is 22.0. The summed E-state index contributed by atoms with van der Waals surface area (Å²) in [7, 11) is 0. The van der Waals surface area contributed by atoms with E-state index < -0.39 is 0 Å². The number of fused-ring (bicyclic) bond motifs is 15. The molecule has 0 aliphatic heterocycles. The standard InChI is InChI=1S/C59H47N3O/c1-28-6-5-7-29(2)50(28)35-19-43(55-42-8-3-4-9-48(42)63-49(55)22-35)32-17-44-56-46(20-38(26-60)51-33-11-30-10-31(12-33)14-34(13-30)53(51)56)62-47-21-39(27-61)52-36-15-40-23-41-16-37(25-59(40,41)24-36)54(52)57(47)45(18-32)58(44)62/h3-9,17-22,30-31,33-34,36-37,40-41H,10-16,23-25H2,1-2H3. The maximum Gasteiger partial charge on any atom is 0.136 e. The molecule has 5 fully saturated rings. The summed E-state index contributed by atoms with van der Waals surface area (Å²) in [5.41, 5.74) is 20.9. The van der Waals surface area contributed by atoms with Gasteiger partial charge in [-0.3, -0.25) is 0 Å². The summed E-state index contributed by atoms with van der Waals surface area (Å²) >= 11 is 0. The van der Waals surface area contributed by atoms with Crippen LogP contribution in [0.1, 0.15) is 132 Å². The van der Waals surface area contributed by atoms with Crippen LogP contribution < -0.4 is 0 Å². The molecule has 0 N–H and O–H groups in total. The highest BCUT2D eigenvalue weighted by atomic mass is 16.3. The van der Waals surface area contributed by atoms with Crippen molar-refractivity contribution in [1.82, 2.24) is 4.40 Å². The van der Waals surface area contributed by atoms with Crippen molar-refractivity contribution in [3.05, 3.63) is 123 Å². The number of furan rings is 1. The van der Waals surface area contributed by atoms with Crippen LogP contribution in [0.2, 0.25) is 0 Å². The molecule has 9 aromatic rings. The Morgan fingerprint density at radius 3 is 1.83 bits per heavy atom. The molecule has 7 atom stereocenters. The first-order valence-electron chi connectivity index (χ1n) is 24.1. The number of benzene rings is 6. The summed E-state index contributed by atoms with van der Waals surface area (Å²) in [6, 6.07) is 35.3. The lowest BCUT2D eigenvalue weighted by Crippen LogP contribution is -2.41. The van der Waals surface area contributed by atoms with Gasteiger partial charge in [-0.25, -0.2) is 0 Å². The van der Waals surface area contributed by atoms with E-state index in [-0.39, 0.29) is 0 Å². The number of hydrogen-bond donors (Lipinski definition) is 0. The SMILES string of the molecule is Cc1cccc(C)c1-c1cc(-c2cc3c4c5c(c(C#N)cc4n4c6cc(C#N)c7c(c6c(c2)c34)C2CC3CC4CC7CC43C2)C2CC3CC(C2)CC5C3)c2c(c1)oc1ccccc12. The number of nitriles is 2. The van der Waals surface area contributed by atoms with Gasteiger partial charge in [-0.1, -0.05) is 36.4 Å². The van der Waals surface area contributed by atoms with Gasteiger partial charge in [0.2, 0.25) is 0 Å². The van der Waals surface area contributed by atoms with Gasteiger partial charge in [0.05, 0.1) is 39.8 Å². The highest BCUT2D eigenvalue weighted by Crippen LogP contribution is 2.77. The molecule has 3 aromatic heterocycles. The van der Waals surface area contributed by atoms with Crippen LogP contribution >= 0.6 is 0 Å². The number of para-hydroxylation sites is 1. The first kappa shape index (κ1) is 34.4. The average molecular weight is 814 g/mol. The molecule has 3 heterocycles. The fourth-order valence-electron chi connectivity index (χ4n) is 17.4. The normalized spacial score (nSPS) is 29.5. The van der Waals surface area contributed by atoms with Crippen molar-refractivity contribution in [2.24, 2.45) is 29.1 Å². The van der Waals surface area contributed by atoms with E-state index >= 15 is 0 Å². The summed E-state index contributed by atoms with van der Waals surface area (Å²) in [6.45, 7) is 4.46. The minimum Gasteiger partial charge on any atom is -0.456 e. The van der Waals surface area contributed by atoms with Gasteiger partial charge in [0.1, 0.15) is 11.2 Å². The number of aromatic nitrogens is 1. The summed E-state index contributed by atoms with van der Waals surface area (Å²) in [5.74, 6) is 5.01. The molecule has 304 valence electrons. The van der Waals surface area contributed by atoms with Crippen molar-refractivity contribution >= 4 is 60.0 Å². The topological polar surface area (TPSA) is 65.1 Å². The van der Waals surface area contributed by atoms with Crippen molar-refractivity contribution in [1.29, 1.82) is 10.5 Å². The molecule has 63 heavy (non-hydrogen) atoms. The van der Waals surface area contributed by atoms with Gasteiger partial charge in [0, 0.05) is 32.3 Å². The highest BCUT2D eigenvalue weighted by Gasteiger charge is 2.66. The summed E-state index contributed by atoms with van der Waals surface area (Å²) in [5, 5.41) is 30.0. The Morgan fingerprint density at radius 1 is 0.556 bits per heavy atom. The van der Waals surface area contributed by atoms with Crippen molar-refractivity contribution in [2.45, 2.75) is 102 Å². The molecule has 0 radical (unpaired) electrons. The average Bonchev–Trinajstić information content (AvgIpc) is 4.02. The molecule has 5 saturated carbocycles. The van der Waals surface area contributed by atoms with Gasteiger partial charge in [-0.15, -0.1) is 0 Å². The molecule has 4 heteroatoms. The molecule has 6 aromatic carbocycles. The number of nitrogens with zero attached hydrogens (tertiary/aromatic N) is 3. The molecule has 0 amide bonds. The fourth-order valence-corrected chi connectivity index (χ4v) is 17.4. The summed E-state index contributed by atoms with van der Waals surface area (Å²) in [6.07, 6.45) is 12.7. The van der Waals surface area contributed by atoms with E-state index in [2.05, 4.69) is 109 Å². The van der Waals surface area contributed by atoms with Crippen LogP contribution in [0.3, 0.4) is 0 Å². The van der Waals surface area contributed by atoms with Gasteiger partial charge in [0.25, 0.3) is 0 Å². The van der Waals surface area contributed by atoms with Crippen molar-refractivity contribution < 1.29 is 4.42 Å². The molecule has 17 rings (SSSR count). The van der Waals surface area contributed by atoms with Crippen LogP contribution in [0.15, 0.2) is 83.3 Å². The van der Waals surface area contributed by atoms with Crippen LogP contribution in [-0.2, 0) is 0 Å². The highest BCUT2D eigenvalue weighted by molar-refractivity contribution is 6.27. The van der Waals surface area contributed by atoms with Crippen LogP contribution in [0.5, 0.6) is 0 Å². The maximum absolute atomic E-state index is 11.2. The predicted molar refractivity (Wildman–Crippen MR) is 252 cm³/mol. The molecule has 8 aliphatic rings. The Hall–Kier alpha value is -6.10. The second kappa shape index (κ2) is 11.3. The Morgan fingerprint density at radius 2 is 1.16 bits per heavy atom. The Bertz CT molecular complexity index is 3680. The number of aryl methyl sites for hydroxylation is 2. The first-order chi connectivity index (χ1) is 30.9. The molecule has 1 spiro atoms. The zero-order chi connectivity index (χ0) is 41.4. The largest absolute Gasteiger partial charge is 0.456 e. The third kappa shape index (κ3) is 4.02. The molecule has 7 bridgehead atoms. The van der Waals surface area contributed by atoms with Gasteiger partial charge in [-0.2, -0.15) is 10.5 Å². The lowest BCUT2D eigenvalue weighted by molar-refractivity contribution is 0.00322. The van der Waals surface area contributed by atoms with Gasteiger partial charge >= 0.3 is 0 Å². The fraction of sp³-hybridized carbons (Fsp3) is 0.356. The molecule has 4 nitrogen and oxygen atoms in total. The second-order valence-electron chi connectivity index (χ2n) is 22.0. The zero-order valence-corrected chi connectivity index (χ0v) is 35.9. The van der Waals surface area contributed by atoms with Crippen molar-refractivity contribution in [3.8, 4) is 34.4 Å². The van der Waals surface area contributed by atoms with Crippen molar-refractivity contribution in [2.75, 3.05) is 0 Å². The molecule has 8 aliphatic carbocycles. The Balaban J connectivity index is 1.10. The Kier molecular flexibility index (Phi) is 6.19. The third-order valence-electron chi connectivity index (χ3n) is 19.3. The Labute approximate surface area is 366 Å². The van der Waals surface area contributed by atoms with Crippen LogP contribution in [0, 0.1) is 65.6 Å². The van der Waals surface area contributed by atoms with E-state index in [1.165, 1.54) is 163 Å². The summed E-state index contributed by atoms with van der Waals surface area (Å²) < 4.78 is 9.38. The molecule has 7 unspecified atom stereocenters.